The molecule has 0 bridgehead atoms. The highest BCUT2D eigenvalue weighted by molar-refractivity contribution is 9.11. The van der Waals surface area contributed by atoms with Crippen molar-refractivity contribution >= 4 is 37.6 Å². The summed E-state index contributed by atoms with van der Waals surface area (Å²) in [5.74, 6) is 1.26. The van der Waals surface area contributed by atoms with Crippen LogP contribution in [0.2, 0.25) is 0 Å². The van der Waals surface area contributed by atoms with E-state index in [4.69, 9.17) is 9.47 Å². The van der Waals surface area contributed by atoms with E-state index in [1.807, 2.05) is 13.8 Å². The van der Waals surface area contributed by atoms with Crippen LogP contribution in [0.3, 0.4) is 0 Å². The molecule has 0 saturated carbocycles. The van der Waals surface area contributed by atoms with Gasteiger partial charge in [-0.05, 0) is 51.8 Å². The van der Waals surface area contributed by atoms with Crippen LogP contribution in [0.1, 0.15) is 30.6 Å². The average Bonchev–Trinajstić information content (AvgIpc) is 2.21. The fraction of sp³-hybridized carbons (Fsp3) is 0.417. The van der Waals surface area contributed by atoms with E-state index in [2.05, 4.69) is 31.9 Å². The summed E-state index contributed by atoms with van der Waals surface area (Å²) in [4.78, 5) is 12.2. The van der Waals surface area contributed by atoms with E-state index >= 15 is 0 Å². The van der Waals surface area contributed by atoms with Gasteiger partial charge in [0.2, 0.25) is 0 Å². The molecule has 0 unspecified atom stereocenters. The largest absolute Gasteiger partial charge is 0.496 e. The van der Waals surface area contributed by atoms with Crippen molar-refractivity contribution in [3.05, 3.63) is 20.6 Å². The molecule has 0 fully saturated rings. The SMILES string of the molecule is COc1cc(Br)c2c(c1Br)C(=O)CC(C)(C)O2. The lowest BCUT2D eigenvalue weighted by atomic mass is 9.93. The molecule has 0 saturated heterocycles. The number of ketones is 1. The van der Waals surface area contributed by atoms with Gasteiger partial charge in [-0.3, -0.25) is 4.79 Å². The number of halogens is 2. The molecule has 0 N–H and O–H groups in total. The van der Waals surface area contributed by atoms with E-state index in [0.29, 0.717) is 28.0 Å². The molecule has 0 radical (unpaired) electrons. The van der Waals surface area contributed by atoms with Gasteiger partial charge >= 0.3 is 0 Å². The normalized spacial score (nSPS) is 17.4. The van der Waals surface area contributed by atoms with Gasteiger partial charge in [0.05, 0.1) is 28.0 Å². The van der Waals surface area contributed by atoms with Crippen LogP contribution in [-0.2, 0) is 0 Å². The second-order valence-corrected chi connectivity index (χ2v) is 6.19. The van der Waals surface area contributed by atoms with Gasteiger partial charge in [-0.15, -0.1) is 0 Å². The first kappa shape index (κ1) is 12.9. The predicted octanol–water partition coefficient (Wildman–Crippen LogP) is 3.96. The quantitative estimate of drug-likeness (QED) is 0.757. The van der Waals surface area contributed by atoms with E-state index < -0.39 is 5.60 Å². The van der Waals surface area contributed by atoms with Crippen LogP contribution in [0.5, 0.6) is 11.5 Å². The molecule has 2 rings (SSSR count). The number of ether oxygens (including phenoxy) is 2. The zero-order valence-corrected chi connectivity index (χ0v) is 12.9. The number of hydrogen-bond donors (Lipinski definition) is 0. The van der Waals surface area contributed by atoms with E-state index in [0.717, 1.165) is 4.47 Å². The molecule has 1 aromatic rings. The van der Waals surface area contributed by atoms with E-state index in [1.165, 1.54) is 0 Å². The molecule has 1 aliphatic heterocycles. The number of Topliss-reactive ketones (excluding diaryl/α,β-unsaturated/α-hetero) is 1. The number of carbonyl (C=O) groups is 1. The summed E-state index contributed by atoms with van der Waals surface area (Å²) in [6, 6.07) is 1.79. The number of rotatable bonds is 1. The summed E-state index contributed by atoms with van der Waals surface area (Å²) < 4.78 is 12.4. The summed E-state index contributed by atoms with van der Waals surface area (Å²) in [6.07, 6.45) is 0.359. The average molecular weight is 364 g/mol. The first-order chi connectivity index (χ1) is 7.85. The minimum Gasteiger partial charge on any atom is -0.496 e. The Kier molecular flexibility index (Phi) is 3.25. The zero-order chi connectivity index (χ0) is 12.8. The van der Waals surface area contributed by atoms with Crippen molar-refractivity contribution in [3.63, 3.8) is 0 Å². The van der Waals surface area contributed by atoms with E-state index in [-0.39, 0.29) is 5.78 Å². The lowest BCUT2D eigenvalue weighted by Crippen LogP contribution is -2.36. The van der Waals surface area contributed by atoms with Gasteiger partial charge in [0.15, 0.2) is 5.78 Å². The van der Waals surface area contributed by atoms with Crippen LogP contribution in [0.15, 0.2) is 15.0 Å². The molecule has 1 aromatic carbocycles. The molecule has 0 aromatic heterocycles. The van der Waals surface area contributed by atoms with Crippen LogP contribution < -0.4 is 9.47 Å². The fourth-order valence-electron chi connectivity index (χ4n) is 1.87. The molecule has 0 spiro atoms. The summed E-state index contributed by atoms with van der Waals surface area (Å²) in [6.45, 7) is 3.80. The molecule has 5 heteroatoms. The first-order valence-electron chi connectivity index (χ1n) is 5.14. The van der Waals surface area contributed by atoms with Crippen molar-refractivity contribution in [1.29, 1.82) is 0 Å². The molecule has 0 aliphatic carbocycles. The van der Waals surface area contributed by atoms with Gasteiger partial charge in [-0.1, -0.05) is 0 Å². The van der Waals surface area contributed by atoms with Gasteiger partial charge in [0.25, 0.3) is 0 Å². The second-order valence-electron chi connectivity index (χ2n) is 4.54. The van der Waals surface area contributed by atoms with Crippen molar-refractivity contribution in [1.82, 2.24) is 0 Å². The van der Waals surface area contributed by atoms with Crippen molar-refractivity contribution in [2.75, 3.05) is 7.11 Å². The highest BCUT2D eigenvalue weighted by Crippen LogP contribution is 2.46. The topological polar surface area (TPSA) is 35.5 Å². The monoisotopic (exact) mass is 362 g/mol. The molecule has 92 valence electrons. The molecule has 1 heterocycles. The molecular weight excluding hydrogens is 352 g/mol. The highest BCUT2D eigenvalue weighted by Gasteiger charge is 2.36. The lowest BCUT2D eigenvalue weighted by Gasteiger charge is -2.33. The molecule has 17 heavy (non-hydrogen) atoms. The second kappa shape index (κ2) is 4.28. The Hall–Kier alpha value is -0.550. The standard InChI is InChI=1S/C12H12Br2O3/c1-12(2)5-7(15)9-10(14)8(16-3)4-6(13)11(9)17-12/h4H,5H2,1-3H3. The van der Waals surface area contributed by atoms with Crippen molar-refractivity contribution in [2.45, 2.75) is 25.9 Å². The van der Waals surface area contributed by atoms with Crippen LogP contribution >= 0.6 is 31.9 Å². The van der Waals surface area contributed by atoms with Crippen molar-refractivity contribution in [3.8, 4) is 11.5 Å². The Morgan fingerprint density at radius 1 is 1.41 bits per heavy atom. The summed E-state index contributed by atoms with van der Waals surface area (Å²) in [7, 11) is 1.57. The Morgan fingerprint density at radius 3 is 2.65 bits per heavy atom. The van der Waals surface area contributed by atoms with Crippen LogP contribution in [0.25, 0.3) is 0 Å². The van der Waals surface area contributed by atoms with Crippen molar-refractivity contribution < 1.29 is 14.3 Å². The van der Waals surface area contributed by atoms with Gasteiger partial charge in [0, 0.05) is 0 Å². The lowest BCUT2D eigenvalue weighted by molar-refractivity contribution is 0.0612. The van der Waals surface area contributed by atoms with Gasteiger partial charge in [-0.2, -0.15) is 0 Å². The Labute approximate surface area is 117 Å². The zero-order valence-electron chi connectivity index (χ0n) is 9.77. The number of fused-ring (bicyclic) bond motifs is 1. The fourth-order valence-corrected chi connectivity index (χ4v) is 3.04. The van der Waals surface area contributed by atoms with Crippen LogP contribution in [0, 0.1) is 0 Å². The predicted molar refractivity (Wildman–Crippen MR) is 72.0 cm³/mol. The maximum Gasteiger partial charge on any atom is 0.171 e. The third-order valence-corrected chi connectivity index (χ3v) is 3.98. The highest BCUT2D eigenvalue weighted by atomic mass is 79.9. The molecule has 3 nitrogen and oxygen atoms in total. The maximum atomic E-state index is 12.2. The Balaban J connectivity index is 2.67. The van der Waals surface area contributed by atoms with Gasteiger partial charge in [0.1, 0.15) is 17.1 Å². The van der Waals surface area contributed by atoms with E-state index in [9.17, 15) is 4.79 Å². The first-order valence-corrected chi connectivity index (χ1v) is 6.72. The van der Waals surface area contributed by atoms with Gasteiger partial charge in [-0.25, -0.2) is 0 Å². The minimum absolute atomic E-state index is 0.0581. The maximum absolute atomic E-state index is 12.2. The third kappa shape index (κ3) is 2.22. The van der Waals surface area contributed by atoms with Crippen LogP contribution in [-0.4, -0.2) is 18.5 Å². The third-order valence-electron chi connectivity index (χ3n) is 2.60. The van der Waals surface area contributed by atoms with Crippen molar-refractivity contribution in [2.24, 2.45) is 0 Å². The molecular formula is C12H12Br2O3. The Bertz CT molecular complexity index is 495. The number of hydrogen-bond acceptors (Lipinski definition) is 3. The molecule has 0 atom stereocenters. The summed E-state index contributed by atoms with van der Waals surface area (Å²) >= 11 is 6.80. The smallest absolute Gasteiger partial charge is 0.171 e. The minimum atomic E-state index is -0.472. The summed E-state index contributed by atoms with van der Waals surface area (Å²) in [5.41, 5.74) is 0.0798. The van der Waals surface area contributed by atoms with Gasteiger partial charge < -0.3 is 9.47 Å². The Morgan fingerprint density at radius 2 is 2.06 bits per heavy atom. The van der Waals surface area contributed by atoms with Crippen LogP contribution in [0.4, 0.5) is 0 Å². The molecule has 0 amide bonds. The number of benzene rings is 1. The molecule has 1 aliphatic rings. The number of carbonyl (C=O) groups excluding carboxylic acids is 1. The summed E-state index contributed by atoms with van der Waals surface area (Å²) in [5, 5.41) is 0. The van der Waals surface area contributed by atoms with E-state index in [1.54, 1.807) is 13.2 Å². The number of methoxy groups -OCH3 is 1.